The van der Waals surface area contributed by atoms with Gasteiger partial charge in [-0.3, -0.25) is 0 Å². The minimum atomic E-state index is 0.676. The van der Waals surface area contributed by atoms with Crippen LogP contribution in [0.3, 0.4) is 0 Å². The summed E-state index contributed by atoms with van der Waals surface area (Å²) >= 11 is 0. The fraction of sp³-hybridized carbons (Fsp3) is 1.00. The Kier molecular flexibility index (Phi) is 1.26. The van der Waals surface area contributed by atoms with Crippen LogP contribution in [-0.2, 0) is 4.74 Å². The molecule has 2 aliphatic rings. The Morgan fingerprint density at radius 1 is 1.00 bits per heavy atom. The van der Waals surface area contributed by atoms with Crippen LogP contribution in [0.25, 0.3) is 0 Å². The molecule has 3 atom stereocenters. The number of epoxide rings is 1. The second-order valence-electron chi connectivity index (χ2n) is 3.47. The molecule has 0 aromatic rings. The highest BCUT2D eigenvalue weighted by molar-refractivity contribution is 4.87. The lowest BCUT2D eigenvalue weighted by atomic mass is 10.0. The van der Waals surface area contributed by atoms with Gasteiger partial charge in [0.2, 0.25) is 0 Å². The zero-order valence-electron chi connectivity index (χ0n) is 5.97. The maximum Gasteiger partial charge on any atom is 0.0842 e. The van der Waals surface area contributed by atoms with Crippen molar-refractivity contribution >= 4 is 0 Å². The molecule has 1 heterocycles. The van der Waals surface area contributed by atoms with E-state index in [2.05, 4.69) is 6.92 Å². The van der Waals surface area contributed by atoms with Crippen molar-refractivity contribution in [3.63, 3.8) is 0 Å². The zero-order chi connectivity index (χ0) is 6.27. The molecule has 1 heteroatoms. The van der Waals surface area contributed by atoms with Gasteiger partial charge in [0.05, 0.1) is 12.2 Å². The summed E-state index contributed by atoms with van der Waals surface area (Å²) in [5, 5.41) is 0. The molecular weight excluding hydrogens is 112 g/mol. The predicted octanol–water partition coefficient (Wildman–Crippen LogP) is 1.96. The molecule has 0 aromatic carbocycles. The van der Waals surface area contributed by atoms with Crippen LogP contribution in [0.4, 0.5) is 0 Å². The third-order valence-electron chi connectivity index (χ3n) is 2.58. The Hall–Kier alpha value is -0.0400. The van der Waals surface area contributed by atoms with E-state index in [1.165, 1.54) is 25.7 Å². The molecule has 0 amide bonds. The van der Waals surface area contributed by atoms with E-state index in [-0.39, 0.29) is 0 Å². The highest BCUT2D eigenvalue weighted by atomic mass is 16.6. The van der Waals surface area contributed by atoms with Crippen molar-refractivity contribution in [1.82, 2.24) is 0 Å². The van der Waals surface area contributed by atoms with Gasteiger partial charge in [-0.1, -0.05) is 6.92 Å². The predicted molar refractivity (Wildman–Crippen MR) is 36.3 cm³/mol. The minimum Gasteiger partial charge on any atom is -0.370 e. The van der Waals surface area contributed by atoms with Gasteiger partial charge in [-0.25, -0.2) is 0 Å². The molecule has 1 unspecified atom stereocenters. The second kappa shape index (κ2) is 1.98. The Morgan fingerprint density at radius 3 is 2.11 bits per heavy atom. The lowest BCUT2D eigenvalue weighted by Crippen LogP contribution is -1.92. The fourth-order valence-electron chi connectivity index (χ4n) is 1.73. The van der Waals surface area contributed by atoms with Crippen LogP contribution in [0.5, 0.6) is 0 Å². The van der Waals surface area contributed by atoms with Crippen molar-refractivity contribution in [1.29, 1.82) is 0 Å². The summed E-state index contributed by atoms with van der Waals surface area (Å²) in [5.41, 5.74) is 0. The Bertz CT molecular complexity index is 95.1. The first-order valence-electron chi connectivity index (χ1n) is 4.02. The molecule has 52 valence electrons. The van der Waals surface area contributed by atoms with Gasteiger partial charge in [0.15, 0.2) is 0 Å². The van der Waals surface area contributed by atoms with E-state index in [0.717, 1.165) is 5.92 Å². The monoisotopic (exact) mass is 126 g/mol. The number of hydrogen-bond acceptors (Lipinski definition) is 1. The molecular formula is C8H14O. The lowest BCUT2D eigenvalue weighted by molar-refractivity contribution is 0.310. The first kappa shape index (κ1) is 5.72. The number of hydrogen-bond donors (Lipinski definition) is 0. The first-order valence-corrected chi connectivity index (χ1v) is 4.02. The second-order valence-corrected chi connectivity index (χ2v) is 3.47. The highest BCUT2D eigenvalue weighted by Gasteiger charge is 2.39. The van der Waals surface area contributed by atoms with E-state index in [1.807, 2.05) is 0 Å². The molecule has 1 saturated carbocycles. The quantitative estimate of drug-likeness (QED) is 0.452. The number of ether oxygens (including phenoxy) is 1. The Morgan fingerprint density at radius 2 is 1.56 bits per heavy atom. The number of rotatable bonds is 0. The summed E-state index contributed by atoms with van der Waals surface area (Å²) < 4.78 is 5.41. The summed E-state index contributed by atoms with van der Waals surface area (Å²) in [7, 11) is 0. The van der Waals surface area contributed by atoms with Crippen LogP contribution < -0.4 is 0 Å². The molecule has 1 aliphatic carbocycles. The van der Waals surface area contributed by atoms with Gasteiger partial charge in [-0.2, -0.15) is 0 Å². The van der Waals surface area contributed by atoms with Crippen molar-refractivity contribution in [3.05, 3.63) is 0 Å². The van der Waals surface area contributed by atoms with Gasteiger partial charge < -0.3 is 4.74 Å². The standard InChI is InChI=1S/C8H14O/c1-6-2-4-7-8(9-7)5-3-6/h6-8H,2-5H2,1H3/t6?,7-,8+. The van der Waals surface area contributed by atoms with E-state index in [0.29, 0.717) is 12.2 Å². The molecule has 2 fully saturated rings. The van der Waals surface area contributed by atoms with Crippen LogP contribution >= 0.6 is 0 Å². The Balaban J connectivity index is 1.89. The van der Waals surface area contributed by atoms with Crippen molar-refractivity contribution < 1.29 is 4.74 Å². The molecule has 2 rings (SSSR count). The maximum atomic E-state index is 5.41. The average Bonchev–Trinajstić information content (AvgIpc) is 2.54. The minimum absolute atomic E-state index is 0.676. The van der Waals surface area contributed by atoms with E-state index in [9.17, 15) is 0 Å². The molecule has 0 radical (unpaired) electrons. The van der Waals surface area contributed by atoms with Gasteiger partial charge in [0.1, 0.15) is 0 Å². The van der Waals surface area contributed by atoms with Crippen LogP contribution in [0.2, 0.25) is 0 Å². The zero-order valence-corrected chi connectivity index (χ0v) is 5.97. The largest absolute Gasteiger partial charge is 0.370 e. The summed E-state index contributed by atoms with van der Waals surface area (Å²) in [6.45, 7) is 2.35. The van der Waals surface area contributed by atoms with Crippen LogP contribution in [0.15, 0.2) is 0 Å². The summed E-state index contributed by atoms with van der Waals surface area (Å²) in [5.74, 6) is 0.960. The molecule has 0 bridgehead atoms. The smallest absolute Gasteiger partial charge is 0.0842 e. The molecule has 1 nitrogen and oxygen atoms in total. The van der Waals surface area contributed by atoms with Gasteiger partial charge in [0, 0.05) is 0 Å². The van der Waals surface area contributed by atoms with Crippen LogP contribution in [-0.4, -0.2) is 12.2 Å². The van der Waals surface area contributed by atoms with Gasteiger partial charge in [0.25, 0.3) is 0 Å². The number of fused-ring (bicyclic) bond motifs is 1. The first-order chi connectivity index (χ1) is 4.36. The summed E-state index contributed by atoms with van der Waals surface area (Å²) in [6, 6.07) is 0. The molecule has 1 saturated heterocycles. The van der Waals surface area contributed by atoms with Crippen molar-refractivity contribution in [2.45, 2.75) is 44.8 Å². The van der Waals surface area contributed by atoms with Gasteiger partial charge in [-0.15, -0.1) is 0 Å². The molecule has 1 aliphatic heterocycles. The van der Waals surface area contributed by atoms with Crippen molar-refractivity contribution in [2.75, 3.05) is 0 Å². The summed E-state index contributed by atoms with van der Waals surface area (Å²) in [4.78, 5) is 0. The lowest BCUT2D eigenvalue weighted by Gasteiger charge is -2.05. The van der Waals surface area contributed by atoms with Gasteiger partial charge >= 0.3 is 0 Å². The average molecular weight is 126 g/mol. The summed E-state index contributed by atoms with van der Waals surface area (Å²) in [6.07, 6.45) is 6.78. The third-order valence-corrected chi connectivity index (χ3v) is 2.58. The highest BCUT2D eigenvalue weighted by Crippen LogP contribution is 2.36. The van der Waals surface area contributed by atoms with Gasteiger partial charge in [-0.05, 0) is 31.6 Å². The van der Waals surface area contributed by atoms with Crippen molar-refractivity contribution in [3.8, 4) is 0 Å². The van der Waals surface area contributed by atoms with Crippen molar-refractivity contribution in [2.24, 2.45) is 5.92 Å². The fourth-order valence-corrected chi connectivity index (χ4v) is 1.73. The molecule has 0 aromatic heterocycles. The van der Waals surface area contributed by atoms with E-state index < -0.39 is 0 Å². The third kappa shape index (κ3) is 1.11. The SMILES string of the molecule is CC1CC[C@@H]2O[C@@H]2CC1. The van der Waals surface area contributed by atoms with E-state index in [4.69, 9.17) is 4.74 Å². The van der Waals surface area contributed by atoms with Crippen LogP contribution in [0.1, 0.15) is 32.6 Å². The van der Waals surface area contributed by atoms with E-state index in [1.54, 1.807) is 0 Å². The maximum absolute atomic E-state index is 5.41. The molecule has 9 heavy (non-hydrogen) atoms. The topological polar surface area (TPSA) is 12.5 Å². The van der Waals surface area contributed by atoms with E-state index >= 15 is 0 Å². The van der Waals surface area contributed by atoms with Crippen LogP contribution in [0, 0.1) is 5.92 Å². The molecule has 0 N–H and O–H groups in total. The molecule has 0 spiro atoms. The Labute approximate surface area is 56.4 Å². The normalized spacial score (nSPS) is 49.7.